The number of nitrogen functional groups attached to an aromatic ring is 1. The Labute approximate surface area is 76.5 Å². The number of aromatic nitrogens is 3. The molecule has 13 heavy (non-hydrogen) atoms. The number of piperidine rings is 1. The molecule has 1 aromatic rings. The van der Waals surface area contributed by atoms with Crippen molar-refractivity contribution in [2.24, 2.45) is 5.92 Å². The highest BCUT2D eigenvalue weighted by atomic mass is 15.4. The summed E-state index contributed by atoms with van der Waals surface area (Å²) in [6.45, 7) is 3.60. The smallest absolute Gasteiger partial charge is 0.239 e. The number of nitrogens with two attached hydrogens (primary N) is 1. The quantitative estimate of drug-likeness (QED) is 0.645. The molecule has 2 aliphatic rings. The molecule has 0 saturated carbocycles. The molecule has 3 heterocycles. The van der Waals surface area contributed by atoms with E-state index in [1.54, 1.807) is 6.33 Å². The topological polar surface area (TPSA) is 60.0 Å². The molecule has 0 aromatic carbocycles. The first-order valence-corrected chi connectivity index (χ1v) is 4.72. The number of nitrogens with zero attached hydrogens (tertiary/aromatic N) is 4. The van der Waals surface area contributed by atoms with Crippen LogP contribution in [0.2, 0.25) is 0 Å². The van der Waals surface area contributed by atoms with Crippen LogP contribution < -0.4 is 5.73 Å². The first-order chi connectivity index (χ1) is 6.33. The van der Waals surface area contributed by atoms with Crippen LogP contribution in [0.1, 0.15) is 12.5 Å². The Kier molecular flexibility index (Phi) is 1.38. The van der Waals surface area contributed by atoms with Crippen molar-refractivity contribution in [2.45, 2.75) is 12.5 Å². The second-order valence-electron chi connectivity index (χ2n) is 3.96. The lowest BCUT2D eigenvalue weighted by molar-refractivity contribution is 0.285. The standard InChI is InChI=1S/C8H13N5/c9-8-10-5-13(11-8)7-4-12-2-1-6(7)3-12/h5-7H,1-4H2,(H2,9,11)/t6-,7+/m0/s1. The number of hydrogen-bond acceptors (Lipinski definition) is 4. The zero-order valence-corrected chi connectivity index (χ0v) is 7.43. The van der Waals surface area contributed by atoms with Gasteiger partial charge in [-0.2, -0.15) is 0 Å². The Balaban J connectivity index is 1.87. The van der Waals surface area contributed by atoms with Gasteiger partial charge >= 0.3 is 0 Å². The van der Waals surface area contributed by atoms with Crippen molar-refractivity contribution in [3.05, 3.63) is 6.33 Å². The Morgan fingerprint density at radius 2 is 2.38 bits per heavy atom. The number of hydrogen-bond donors (Lipinski definition) is 1. The molecule has 0 amide bonds. The molecule has 2 aliphatic heterocycles. The van der Waals surface area contributed by atoms with Gasteiger partial charge in [0.15, 0.2) is 0 Å². The Bertz CT molecular complexity index is 320. The van der Waals surface area contributed by atoms with E-state index in [4.69, 9.17) is 5.73 Å². The number of fused-ring (bicyclic) bond motifs is 2. The first-order valence-electron chi connectivity index (χ1n) is 4.72. The normalized spacial score (nSPS) is 37.1. The van der Waals surface area contributed by atoms with Crippen molar-refractivity contribution in [3.63, 3.8) is 0 Å². The molecule has 5 heteroatoms. The van der Waals surface area contributed by atoms with Crippen molar-refractivity contribution in [1.29, 1.82) is 0 Å². The molecule has 2 fully saturated rings. The van der Waals surface area contributed by atoms with E-state index in [0.29, 0.717) is 12.0 Å². The van der Waals surface area contributed by atoms with Crippen LogP contribution in [0, 0.1) is 5.92 Å². The minimum Gasteiger partial charge on any atom is -0.367 e. The lowest BCUT2D eigenvalue weighted by atomic mass is 10.0. The van der Waals surface area contributed by atoms with Crippen LogP contribution >= 0.6 is 0 Å². The van der Waals surface area contributed by atoms with Gasteiger partial charge in [-0.05, 0) is 18.9 Å². The van der Waals surface area contributed by atoms with E-state index in [0.717, 1.165) is 12.5 Å². The summed E-state index contributed by atoms with van der Waals surface area (Å²) in [5, 5.41) is 4.17. The molecule has 2 N–H and O–H groups in total. The lowest BCUT2D eigenvalue weighted by Crippen LogP contribution is -2.26. The minimum absolute atomic E-state index is 0.387. The summed E-state index contributed by atoms with van der Waals surface area (Å²) in [6, 6.07) is 0.513. The molecule has 2 saturated heterocycles. The van der Waals surface area contributed by atoms with E-state index in [9.17, 15) is 0 Å². The maximum Gasteiger partial charge on any atom is 0.239 e. The van der Waals surface area contributed by atoms with Crippen LogP contribution in [-0.4, -0.2) is 39.3 Å². The monoisotopic (exact) mass is 179 g/mol. The summed E-state index contributed by atoms with van der Waals surface area (Å²) < 4.78 is 1.93. The van der Waals surface area contributed by atoms with Crippen LogP contribution in [-0.2, 0) is 0 Å². The van der Waals surface area contributed by atoms with Gasteiger partial charge in [0.2, 0.25) is 5.95 Å². The fourth-order valence-electron chi connectivity index (χ4n) is 2.50. The molecule has 0 spiro atoms. The van der Waals surface area contributed by atoms with E-state index in [-0.39, 0.29) is 0 Å². The number of rotatable bonds is 1. The average molecular weight is 179 g/mol. The third kappa shape index (κ3) is 1.03. The van der Waals surface area contributed by atoms with Crippen molar-refractivity contribution in [3.8, 4) is 0 Å². The Morgan fingerprint density at radius 3 is 2.92 bits per heavy atom. The highest BCUT2D eigenvalue weighted by Gasteiger charge is 2.39. The van der Waals surface area contributed by atoms with E-state index in [1.165, 1.54) is 19.5 Å². The van der Waals surface area contributed by atoms with Gasteiger partial charge in [-0.25, -0.2) is 9.67 Å². The third-order valence-electron chi connectivity index (χ3n) is 3.16. The zero-order chi connectivity index (χ0) is 8.84. The van der Waals surface area contributed by atoms with Gasteiger partial charge in [-0.15, -0.1) is 5.10 Å². The molecule has 1 aromatic heterocycles. The average Bonchev–Trinajstić information content (AvgIpc) is 2.77. The van der Waals surface area contributed by atoms with Crippen LogP contribution in [0.3, 0.4) is 0 Å². The Morgan fingerprint density at radius 1 is 1.46 bits per heavy atom. The summed E-state index contributed by atoms with van der Waals surface area (Å²) in [4.78, 5) is 6.44. The largest absolute Gasteiger partial charge is 0.367 e. The molecule has 0 aliphatic carbocycles. The summed E-state index contributed by atoms with van der Waals surface area (Å²) >= 11 is 0. The Hall–Kier alpha value is -1.10. The van der Waals surface area contributed by atoms with Gasteiger partial charge in [0, 0.05) is 13.1 Å². The highest BCUT2D eigenvalue weighted by molar-refractivity contribution is 5.10. The fraction of sp³-hybridized carbons (Fsp3) is 0.750. The van der Waals surface area contributed by atoms with Crippen LogP contribution in [0.15, 0.2) is 6.33 Å². The van der Waals surface area contributed by atoms with Crippen LogP contribution in [0.5, 0.6) is 0 Å². The maximum atomic E-state index is 5.49. The van der Waals surface area contributed by atoms with Gasteiger partial charge < -0.3 is 10.6 Å². The van der Waals surface area contributed by atoms with Gasteiger partial charge in [0.1, 0.15) is 6.33 Å². The van der Waals surface area contributed by atoms with Gasteiger partial charge in [0.05, 0.1) is 6.04 Å². The molecule has 5 nitrogen and oxygen atoms in total. The molecular formula is C8H13N5. The second kappa shape index (κ2) is 2.45. The van der Waals surface area contributed by atoms with Crippen LogP contribution in [0.25, 0.3) is 0 Å². The molecule has 0 radical (unpaired) electrons. The number of anilines is 1. The van der Waals surface area contributed by atoms with Gasteiger partial charge in [-0.3, -0.25) is 0 Å². The van der Waals surface area contributed by atoms with E-state index >= 15 is 0 Å². The van der Waals surface area contributed by atoms with Crippen molar-refractivity contribution in [2.75, 3.05) is 25.4 Å². The summed E-state index contributed by atoms with van der Waals surface area (Å²) in [5.41, 5.74) is 5.49. The maximum absolute atomic E-state index is 5.49. The summed E-state index contributed by atoms with van der Waals surface area (Å²) in [6.07, 6.45) is 3.05. The van der Waals surface area contributed by atoms with E-state index in [2.05, 4.69) is 15.0 Å². The van der Waals surface area contributed by atoms with E-state index in [1.807, 2.05) is 4.68 Å². The zero-order valence-electron chi connectivity index (χ0n) is 7.43. The molecule has 2 bridgehead atoms. The summed E-state index contributed by atoms with van der Waals surface area (Å²) in [7, 11) is 0. The van der Waals surface area contributed by atoms with Crippen molar-refractivity contribution < 1.29 is 0 Å². The summed E-state index contributed by atoms with van der Waals surface area (Å²) in [5.74, 6) is 1.15. The highest BCUT2D eigenvalue weighted by Crippen LogP contribution is 2.35. The molecule has 3 rings (SSSR count). The van der Waals surface area contributed by atoms with Crippen molar-refractivity contribution >= 4 is 5.95 Å². The second-order valence-corrected chi connectivity index (χ2v) is 3.96. The molecule has 70 valence electrons. The first kappa shape index (κ1) is 7.32. The van der Waals surface area contributed by atoms with E-state index < -0.39 is 0 Å². The molecule has 1 unspecified atom stereocenters. The third-order valence-corrected chi connectivity index (χ3v) is 3.16. The molecule has 3 atom stereocenters. The van der Waals surface area contributed by atoms with Crippen LogP contribution in [0.4, 0.5) is 5.95 Å². The van der Waals surface area contributed by atoms with Crippen molar-refractivity contribution in [1.82, 2.24) is 19.7 Å². The lowest BCUT2D eigenvalue weighted by Gasteiger charge is -2.21. The van der Waals surface area contributed by atoms with Gasteiger partial charge in [0.25, 0.3) is 0 Å². The SMILES string of the molecule is Nc1ncn([C@@H]2CN3CC[C@H]2C3)n1. The predicted octanol–water partition coefficient (Wildman–Crippen LogP) is -0.263. The molecular weight excluding hydrogens is 166 g/mol. The van der Waals surface area contributed by atoms with Gasteiger partial charge in [-0.1, -0.05) is 0 Å². The fourth-order valence-corrected chi connectivity index (χ4v) is 2.50. The minimum atomic E-state index is 0.387. The predicted molar refractivity (Wildman–Crippen MR) is 48.0 cm³/mol.